The lowest BCUT2D eigenvalue weighted by Gasteiger charge is -2.10. The topological polar surface area (TPSA) is 36.4 Å². The van der Waals surface area contributed by atoms with Crippen LogP contribution in [-0.2, 0) is 6.42 Å². The van der Waals surface area contributed by atoms with Crippen LogP contribution in [0.5, 0.6) is 0 Å². The van der Waals surface area contributed by atoms with Crippen molar-refractivity contribution >= 4 is 5.96 Å². The minimum atomic E-state index is 0.652. The second kappa shape index (κ2) is 6.60. The van der Waals surface area contributed by atoms with Gasteiger partial charge in [-0.3, -0.25) is 4.99 Å². The normalized spacial score (nSPS) is 15.4. The lowest BCUT2D eigenvalue weighted by atomic mass is 10.1. The fourth-order valence-electron chi connectivity index (χ4n) is 2.25. The molecular weight excluding hydrogens is 234 g/mol. The Kier molecular flexibility index (Phi) is 4.83. The van der Waals surface area contributed by atoms with E-state index in [-0.39, 0.29) is 0 Å². The smallest absolute Gasteiger partial charge is 0.191 e. The van der Waals surface area contributed by atoms with Gasteiger partial charge < -0.3 is 10.6 Å². The van der Waals surface area contributed by atoms with E-state index in [9.17, 15) is 0 Å². The third-order valence-corrected chi connectivity index (χ3v) is 3.21. The van der Waals surface area contributed by atoms with Crippen molar-refractivity contribution in [3.05, 3.63) is 34.9 Å². The van der Waals surface area contributed by atoms with Gasteiger partial charge in [0.1, 0.15) is 0 Å². The van der Waals surface area contributed by atoms with Gasteiger partial charge in [-0.25, -0.2) is 0 Å². The minimum Gasteiger partial charge on any atom is -0.357 e. The van der Waals surface area contributed by atoms with Crippen molar-refractivity contribution in [2.75, 3.05) is 13.1 Å². The first-order valence-corrected chi connectivity index (χ1v) is 7.29. The van der Waals surface area contributed by atoms with Gasteiger partial charge in [0, 0.05) is 19.1 Å². The van der Waals surface area contributed by atoms with Crippen molar-refractivity contribution in [2.24, 2.45) is 4.99 Å². The van der Waals surface area contributed by atoms with E-state index < -0.39 is 0 Å². The first kappa shape index (κ1) is 13.9. The lowest BCUT2D eigenvalue weighted by Crippen LogP contribution is -2.38. The number of aliphatic imine (C=N–C) groups is 1. The maximum atomic E-state index is 4.64. The fraction of sp³-hybridized carbons (Fsp3) is 0.562. The standard InChI is InChI=1S/C16H25N3/c1-4-17-16(19-15-5-6-15)18-8-7-14-10-12(2)9-13(3)11-14/h9-11,15H,4-8H2,1-3H3,(H2,17,18,19). The van der Waals surface area contributed by atoms with Gasteiger partial charge >= 0.3 is 0 Å². The summed E-state index contributed by atoms with van der Waals surface area (Å²) in [5.74, 6) is 0.967. The summed E-state index contributed by atoms with van der Waals surface area (Å²) in [7, 11) is 0. The summed E-state index contributed by atoms with van der Waals surface area (Å²) >= 11 is 0. The molecule has 0 radical (unpaired) electrons. The quantitative estimate of drug-likeness (QED) is 0.630. The van der Waals surface area contributed by atoms with Crippen LogP contribution in [-0.4, -0.2) is 25.1 Å². The molecule has 104 valence electrons. The molecular formula is C16H25N3. The zero-order valence-electron chi connectivity index (χ0n) is 12.3. The zero-order chi connectivity index (χ0) is 13.7. The average molecular weight is 259 g/mol. The number of hydrogen-bond donors (Lipinski definition) is 2. The van der Waals surface area contributed by atoms with E-state index >= 15 is 0 Å². The molecule has 3 heteroatoms. The zero-order valence-corrected chi connectivity index (χ0v) is 12.3. The van der Waals surface area contributed by atoms with E-state index in [1.807, 2.05) is 0 Å². The Morgan fingerprint density at radius 1 is 1.21 bits per heavy atom. The van der Waals surface area contributed by atoms with Gasteiger partial charge in [-0.05, 0) is 45.6 Å². The lowest BCUT2D eigenvalue weighted by molar-refractivity contribution is 0.808. The van der Waals surface area contributed by atoms with Crippen LogP contribution in [0.25, 0.3) is 0 Å². The molecule has 3 nitrogen and oxygen atoms in total. The Labute approximate surface area is 116 Å². The van der Waals surface area contributed by atoms with E-state index in [1.165, 1.54) is 29.5 Å². The highest BCUT2D eigenvalue weighted by atomic mass is 15.2. The second-order valence-corrected chi connectivity index (χ2v) is 5.43. The Bertz CT molecular complexity index is 427. The molecule has 1 saturated carbocycles. The van der Waals surface area contributed by atoms with Crippen LogP contribution in [0.2, 0.25) is 0 Å². The van der Waals surface area contributed by atoms with Crippen molar-refractivity contribution < 1.29 is 0 Å². The largest absolute Gasteiger partial charge is 0.357 e. The molecule has 1 aliphatic rings. The third-order valence-electron chi connectivity index (χ3n) is 3.21. The molecule has 0 aromatic heterocycles. The average Bonchev–Trinajstić information content (AvgIpc) is 3.12. The van der Waals surface area contributed by atoms with Crippen molar-refractivity contribution in [3.8, 4) is 0 Å². The van der Waals surface area contributed by atoms with Crippen LogP contribution >= 0.6 is 0 Å². The number of nitrogens with zero attached hydrogens (tertiary/aromatic N) is 1. The number of aryl methyl sites for hydroxylation is 2. The molecule has 0 heterocycles. The van der Waals surface area contributed by atoms with Gasteiger partial charge in [-0.15, -0.1) is 0 Å². The summed E-state index contributed by atoms with van der Waals surface area (Å²) in [6.07, 6.45) is 3.56. The molecule has 0 amide bonds. The third kappa shape index (κ3) is 4.93. The molecule has 1 aromatic rings. The Morgan fingerprint density at radius 3 is 2.47 bits per heavy atom. The van der Waals surface area contributed by atoms with E-state index in [0.29, 0.717) is 6.04 Å². The highest BCUT2D eigenvalue weighted by Crippen LogP contribution is 2.18. The number of rotatable bonds is 5. The molecule has 19 heavy (non-hydrogen) atoms. The summed E-state index contributed by atoms with van der Waals surface area (Å²) in [6.45, 7) is 8.16. The number of guanidine groups is 1. The van der Waals surface area contributed by atoms with E-state index in [1.54, 1.807) is 0 Å². The van der Waals surface area contributed by atoms with Gasteiger partial charge in [-0.2, -0.15) is 0 Å². The van der Waals surface area contributed by atoms with Crippen molar-refractivity contribution in [2.45, 2.75) is 46.1 Å². The minimum absolute atomic E-state index is 0.652. The van der Waals surface area contributed by atoms with E-state index in [4.69, 9.17) is 0 Å². The molecule has 1 fully saturated rings. The molecule has 0 atom stereocenters. The first-order valence-electron chi connectivity index (χ1n) is 7.29. The van der Waals surface area contributed by atoms with E-state index in [0.717, 1.165) is 25.5 Å². The molecule has 0 bridgehead atoms. The van der Waals surface area contributed by atoms with Crippen LogP contribution < -0.4 is 10.6 Å². The van der Waals surface area contributed by atoms with Crippen LogP contribution in [0.4, 0.5) is 0 Å². The van der Waals surface area contributed by atoms with Gasteiger partial charge in [-0.1, -0.05) is 29.3 Å². The molecule has 0 spiro atoms. The number of benzene rings is 1. The maximum Gasteiger partial charge on any atom is 0.191 e. The SMILES string of the molecule is CCNC(=NCCc1cc(C)cc(C)c1)NC1CC1. The summed E-state index contributed by atoms with van der Waals surface area (Å²) in [6, 6.07) is 7.37. The Balaban J connectivity index is 1.88. The van der Waals surface area contributed by atoms with E-state index in [2.05, 4.69) is 54.6 Å². The molecule has 2 N–H and O–H groups in total. The summed E-state index contributed by atoms with van der Waals surface area (Å²) in [4.78, 5) is 4.64. The van der Waals surface area contributed by atoms with Gasteiger partial charge in [0.15, 0.2) is 5.96 Å². The molecule has 0 saturated heterocycles. The molecule has 0 aliphatic heterocycles. The van der Waals surface area contributed by atoms with Gasteiger partial charge in [0.05, 0.1) is 0 Å². The summed E-state index contributed by atoms with van der Waals surface area (Å²) < 4.78 is 0. The highest BCUT2D eigenvalue weighted by Gasteiger charge is 2.21. The number of hydrogen-bond acceptors (Lipinski definition) is 1. The first-order chi connectivity index (χ1) is 9.17. The Morgan fingerprint density at radius 2 is 1.89 bits per heavy atom. The predicted molar refractivity (Wildman–Crippen MR) is 81.8 cm³/mol. The Hall–Kier alpha value is -1.51. The van der Waals surface area contributed by atoms with Gasteiger partial charge in [0.2, 0.25) is 0 Å². The summed E-state index contributed by atoms with van der Waals surface area (Å²) in [5.41, 5.74) is 4.05. The number of nitrogens with one attached hydrogen (secondary N) is 2. The van der Waals surface area contributed by atoms with Crippen molar-refractivity contribution in [1.29, 1.82) is 0 Å². The van der Waals surface area contributed by atoms with Crippen LogP contribution in [0.3, 0.4) is 0 Å². The van der Waals surface area contributed by atoms with Gasteiger partial charge in [0.25, 0.3) is 0 Å². The second-order valence-electron chi connectivity index (χ2n) is 5.43. The molecule has 1 aromatic carbocycles. The summed E-state index contributed by atoms with van der Waals surface area (Å²) in [5, 5.41) is 6.74. The van der Waals surface area contributed by atoms with Crippen molar-refractivity contribution in [3.63, 3.8) is 0 Å². The monoisotopic (exact) mass is 259 g/mol. The highest BCUT2D eigenvalue weighted by molar-refractivity contribution is 5.80. The van der Waals surface area contributed by atoms with Crippen LogP contribution in [0.15, 0.2) is 23.2 Å². The molecule has 2 rings (SSSR count). The van der Waals surface area contributed by atoms with Crippen molar-refractivity contribution in [1.82, 2.24) is 10.6 Å². The van der Waals surface area contributed by atoms with Crippen LogP contribution in [0.1, 0.15) is 36.5 Å². The van der Waals surface area contributed by atoms with Crippen LogP contribution in [0, 0.1) is 13.8 Å². The maximum absolute atomic E-state index is 4.64. The molecule has 0 unspecified atom stereocenters. The fourth-order valence-corrected chi connectivity index (χ4v) is 2.25. The predicted octanol–water partition coefficient (Wildman–Crippen LogP) is 2.56. The molecule has 1 aliphatic carbocycles.